The lowest BCUT2D eigenvalue weighted by Crippen LogP contribution is -2.50. The van der Waals surface area contributed by atoms with Crippen molar-refractivity contribution in [3.05, 3.63) is 52.0 Å². The molecule has 3 rings (SSSR count). The van der Waals surface area contributed by atoms with E-state index in [0.717, 1.165) is 4.90 Å². The van der Waals surface area contributed by atoms with Crippen molar-refractivity contribution in [3.63, 3.8) is 0 Å². The van der Waals surface area contributed by atoms with Gasteiger partial charge in [-0.15, -0.1) is 11.3 Å². The molecule has 22 nitrogen and oxygen atoms in total. The van der Waals surface area contributed by atoms with Crippen LogP contribution in [0.3, 0.4) is 0 Å². The van der Waals surface area contributed by atoms with Gasteiger partial charge in [-0.2, -0.15) is 0 Å². The van der Waals surface area contributed by atoms with Gasteiger partial charge < -0.3 is 44.9 Å². The summed E-state index contributed by atoms with van der Waals surface area (Å²) in [5.41, 5.74) is 0.170. The van der Waals surface area contributed by atoms with Crippen LogP contribution < -0.4 is 16.0 Å². The average Bonchev–Trinajstić information content (AvgIpc) is 3.49. The van der Waals surface area contributed by atoms with Crippen LogP contribution in [0.4, 0.5) is 5.69 Å². The van der Waals surface area contributed by atoms with E-state index >= 15 is 0 Å². The highest BCUT2D eigenvalue weighted by molar-refractivity contribution is 7.09. The fraction of sp³-hybridized carbons (Fsp3) is 0.661. The molecule has 0 aliphatic carbocycles. The fourth-order valence-electron chi connectivity index (χ4n) is 9.41. The number of phenols is 1. The number of aromatic hydroxyl groups is 1. The van der Waals surface area contributed by atoms with Crippen molar-refractivity contribution in [3.8, 4) is 5.75 Å². The van der Waals surface area contributed by atoms with Crippen molar-refractivity contribution in [2.75, 3.05) is 72.6 Å². The molecule has 2 aromatic rings. The molecule has 1 aromatic carbocycles. The number of hydrogen-bond acceptors (Lipinski definition) is 18. The lowest BCUT2D eigenvalue weighted by atomic mass is 9.81. The third kappa shape index (κ3) is 24.6. The van der Waals surface area contributed by atoms with Crippen molar-refractivity contribution in [2.45, 2.75) is 176 Å². The normalized spacial score (nSPS) is 15.0. The minimum Gasteiger partial charge on any atom is -0.506 e. The minimum atomic E-state index is -0.880. The van der Waals surface area contributed by atoms with Crippen LogP contribution in [0.15, 0.2) is 35.7 Å². The molecule has 1 aromatic heterocycles. The molecule has 1 aliphatic heterocycles. The zero-order valence-electron chi connectivity index (χ0n) is 52.4. The molecule has 2 heterocycles. The number of anilines is 1. The Balaban J connectivity index is 1.46. The van der Waals surface area contributed by atoms with Gasteiger partial charge in [0.25, 0.3) is 17.7 Å². The highest BCUT2D eigenvalue weighted by Gasteiger charge is 2.39. The summed E-state index contributed by atoms with van der Waals surface area (Å²) in [6.45, 7) is 19.8. The number of rotatable bonds is 42. The molecule has 7 atom stereocenters. The Morgan fingerprint density at radius 2 is 1.44 bits per heavy atom. The molecule has 0 fully saturated rings. The predicted octanol–water partition coefficient (Wildman–Crippen LogP) is 6.96. The summed E-state index contributed by atoms with van der Waals surface area (Å²) in [4.78, 5) is 138. The molecule has 4 N–H and O–H groups in total. The number of benzene rings is 1. The molecule has 0 bridgehead atoms. The van der Waals surface area contributed by atoms with Crippen LogP contribution >= 0.6 is 11.3 Å². The van der Waals surface area contributed by atoms with Crippen LogP contribution in [0.2, 0.25) is 0 Å². The number of ketones is 3. The van der Waals surface area contributed by atoms with Gasteiger partial charge in [0.15, 0.2) is 17.7 Å². The first-order chi connectivity index (χ1) is 40.1. The molecule has 0 radical (unpaired) electrons. The Bertz CT molecular complexity index is 2580. The number of amides is 6. The zero-order chi connectivity index (χ0) is 63.6. The van der Waals surface area contributed by atoms with Gasteiger partial charge in [0, 0.05) is 107 Å². The van der Waals surface area contributed by atoms with E-state index in [4.69, 9.17) is 18.9 Å². The third-order valence-corrected chi connectivity index (χ3v) is 16.5. The number of Topliss-reactive ketones (excluding diaryl/α,β-unsaturated/α-hetero) is 3. The van der Waals surface area contributed by atoms with E-state index < -0.39 is 59.3 Å². The quantitative estimate of drug-likeness (QED) is 0.0226. The summed E-state index contributed by atoms with van der Waals surface area (Å²) >= 11 is 1.17. The van der Waals surface area contributed by atoms with Gasteiger partial charge in [0.05, 0.1) is 50.3 Å². The molecule has 0 saturated heterocycles. The first kappa shape index (κ1) is 73.0. The number of hydrogen-bond donors (Lipinski definition) is 4. The summed E-state index contributed by atoms with van der Waals surface area (Å²) < 4.78 is 22.3. The highest BCUT2D eigenvalue weighted by Crippen LogP contribution is 2.33. The second kappa shape index (κ2) is 36.7. The number of likely N-dealkylation sites (N-methyl/N-ethyl adjacent to an activating group) is 1. The lowest BCUT2D eigenvalue weighted by molar-refractivity contribution is -0.150. The van der Waals surface area contributed by atoms with Gasteiger partial charge in [-0.25, -0.2) is 4.98 Å². The van der Waals surface area contributed by atoms with Crippen molar-refractivity contribution in [1.82, 2.24) is 30.3 Å². The largest absolute Gasteiger partial charge is 0.506 e. The van der Waals surface area contributed by atoms with Crippen LogP contribution in [0.1, 0.15) is 167 Å². The molecule has 0 unspecified atom stereocenters. The van der Waals surface area contributed by atoms with Crippen molar-refractivity contribution >= 4 is 75.8 Å². The number of carbonyl (C=O) groups is 10. The van der Waals surface area contributed by atoms with Gasteiger partial charge in [0.1, 0.15) is 22.2 Å². The monoisotopic (exact) mass is 1210 g/mol. The maximum Gasteiger partial charge on any atom is 0.303 e. The summed E-state index contributed by atoms with van der Waals surface area (Å²) in [6, 6.07) is 3.05. The second-order valence-corrected chi connectivity index (χ2v) is 24.0. The minimum absolute atomic E-state index is 0.00527. The number of imide groups is 1. The van der Waals surface area contributed by atoms with Crippen molar-refractivity contribution < 1.29 is 72.0 Å². The van der Waals surface area contributed by atoms with E-state index in [1.807, 2.05) is 67.5 Å². The number of nitrogens with zero attached hydrogens (tertiary/aromatic N) is 4. The van der Waals surface area contributed by atoms with E-state index in [1.54, 1.807) is 36.4 Å². The zero-order valence-corrected chi connectivity index (χ0v) is 53.2. The molecule has 474 valence electrons. The Kier molecular flexibility index (Phi) is 31.5. The van der Waals surface area contributed by atoms with Gasteiger partial charge in [-0.3, -0.25) is 57.7 Å². The van der Waals surface area contributed by atoms with Gasteiger partial charge >= 0.3 is 5.97 Å². The Morgan fingerprint density at radius 1 is 0.812 bits per heavy atom. The molecule has 1 aliphatic rings. The number of ether oxygens (including phenoxy) is 4. The molecule has 23 heteroatoms. The summed E-state index contributed by atoms with van der Waals surface area (Å²) in [7, 11) is 5.41. The molecule has 0 saturated carbocycles. The number of phenolic OH excluding ortho intramolecular Hbond substituents is 1. The second-order valence-electron chi connectivity index (χ2n) is 23.1. The number of carbonyl (C=O) groups excluding carboxylic acids is 10. The van der Waals surface area contributed by atoms with E-state index in [-0.39, 0.29) is 129 Å². The van der Waals surface area contributed by atoms with Crippen LogP contribution in [-0.2, 0) is 68.5 Å². The first-order valence-electron chi connectivity index (χ1n) is 29.8. The Labute approximate surface area is 506 Å². The van der Waals surface area contributed by atoms with Gasteiger partial charge in [0.2, 0.25) is 17.7 Å². The van der Waals surface area contributed by atoms with Crippen LogP contribution in [0, 0.1) is 23.7 Å². The summed E-state index contributed by atoms with van der Waals surface area (Å²) in [5.74, 6) is -4.92. The lowest BCUT2D eigenvalue weighted by Gasteiger charge is -2.38. The molecule has 0 spiro atoms. The SMILES string of the molecule is CCC[C@H](Cc1ccc(O)c(NC(=O)[C@H](C)CC(=O)[C@H](C)NC(=O)CCOCCOCCOCCCC(=O)CCCN2C(=O)C=CC2=O)c1)NC(=O)c1csc([C@@H](C[C@H](C(C)C)N(C)C(=O)[C@@H](CC(=O)C(C)(C)N(C)C)[C@@H](C)CC)OC(C)=O)n1. The van der Waals surface area contributed by atoms with E-state index in [9.17, 15) is 53.1 Å². The van der Waals surface area contributed by atoms with Crippen molar-refractivity contribution in [1.29, 1.82) is 0 Å². The highest BCUT2D eigenvalue weighted by atomic mass is 32.1. The van der Waals surface area contributed by atoms with Gasteiger partial charge in [-0.05, 0) is 90.1 Å². The molecular weight excluding hydrogens is 1110 g/mol. The Morgan fingerprint density at radius 3 is 2.04 bits per heavy atom. The smallest absolute Gasteiger partial charge is 0.303 e. The maximum absolute atomic E-state index is 14.4. The summed E-state index contributed by atoms with van der Waals surface area (Å²) in [6.07, 6.45) is 5.55. The van der Waals surface area contributed by atoms with Gasteiger partial charge in [-0.1, -0.05) is 60.5 Å². The molecule has 6 amide bonds. The van der Waals surface area contributed by atoms with E-state index in [1.165, 1.54) is 43.4 Å². The van der Waals surface area contributed by atoms with E-state index in [0.29, 0.717) is 75.3 Å². The average molecular weight is 1210 g/mol. The fourth-order valence-corrected chi connectivity index (χ4v) is 10.3. The third-order valence-electron chi connectivity index (χ3n) is 15.6. The molecular formula is C62H95N7O15S. The van der Waals surface area contributed by atoms with Crippen LogP contribution in [0.5, 0.6) is 5.75 Å². The van der Waals surface area contributed by atoms with Crippen molar-refractivity contribution in [2.24, 2.45) is 23.7 Å². The predicted molar refractivity (Wildman–Crippen MR) is 322 cm³/mol. The number of aromatic nitrogens is 1. The number of thiazole rings is 1. The summed E-state index contributed by atoms with van der Waals surface area (Å²) in [5, 5.41) is 21.2. The topological polar surface area (TPSA) is 287 Å². The first-order valence-corrected chi connectivity index (χ1v) is 30.6. The molecule has 85 heavy (non-hydrogen) atoms. The van der Waals surface area contributed by atoms with Crippen LogP contribution in [0.25, 0.3) is 0 Å². The number of esters is 1. The van der Waals surface area contributed by atoms with Crippen LogP contribution in [-0.4, -0.2) is 175 Å². The van der Waals surface area contributed by atoms with E-state index in [2.05, 4.69) is 20.9 Å². The Hall–Kier alpha value is -6.27. The number of nitrogens with one attached hydrogen (secondary N) is 3. The standard InChI is InChI=1S/C62H95N7O15S/c1-14-18-45(64-59(79)49-38-85-60(66-49)53(84-43(8)70)37-50(39(3)4)68(13)61(80)47(40(5)15-2)36-54(74)62(9,10)67(11)12)34-44-21-22-51(72)48(35-44)65-58(78)41(6)33-52(73)42(7)63-55(75)25-28-82-30-32-83-31-29-81-27-17-20-46(71)19-16-26-69-56(76)23-24-57(69)77/h21-24,35,38-42,45,47,50,53,72H,14-20,25-34,36-37H2,1-13H3,(H,63,75)(H,64,79)(H,65,78)/t40-,41+,42-,45+,47-,50+,53+/m0/s1. The maximum atomic E-state index is 14.4.